The van der Waals surface area contributed by atoms with Crippen molar-refractivity contribution in [3.63, 3.8) is 0 Å². The highest BCUT2D eigenvalue weighted by Gasteiger charge is 2.37. The molecule has 0 atom stereocenters. The number of H-pyrrole nitrogens is 2. The van der Waals surface area contributed by atoms with Crippen LogP contribution in [0.4, 0.5) is 13.2 Å². The molecule has 3 rings (SSSR count). The van der Waals surface area contributed by atoms with E-state index in [1.54, 1.807) is 24.5 Å². The maximum atomic E-state index is 13.6. The second-order valence-electron chi connectivity index (χ2n) is 5.74. The highest BCUT2D eigenvalue weighted by Crippen LogP contribution is 2.35. The van der Waals surface area contributed by atoms with Crippen molar-refractivity contribution in [1.29, 1.82) is 0 Å². The lowest BCUT2D eigenvalue weighted by Gasteiger charge is -2.17. The van der Waals surface area contributed by atoms with Crippen LogP contribution in [-0.2, 0) is 6.42 Å². The number of fused-ring (bicyclic) bond motifs is 1. The van der Waals surface area contributed by atoms with Crippen LogP contribution < -0.4 is 5.32 Å². The number of aryl methyl sites for hydroxylation is 2. The average molecular weight is 349 g/mol. The minimum Gasteiger partial charge on any atom is -0.383 e. The highest BCUT2D eigenvalue weighted by molar-refractivity contribution is 5.89. The minimum atomic E-state index is -4.54. The number of alkyl halides is 3. The zero-order chi connectivity index (χ0) is 18.2. The molecule has 0 saturated carbocycles. The van der Waals surface area contributed by atoms with Gasteiger partial charge in [0.15, 0.2) is 0 Å². The van der Waals surface area contributed by atoms with Gasteiger partial charge in [-0.2, -0.15) is 18.3 Å². The summed E-state index contributed by atoms with van der Waals surface area (Å²) in [5.74, 6) is 0.181. The summed E-state index contributed by atoms with van der Waals surface area (Å²) in [6, 6.07) is 3.38. The number of nitrogens with zero attached hydrogens (tertiary/aromatic N) is 2. The molecule has 0 saturated heterocycles. The molecular weight excluding hydrogens is 331 g/mol. The Labute approximate surface area is 142 Å². The summed E-state index contributed by atoms with van der Waals surface area (Å²) in [5.41, 5.74) is 1.95. The number of hydrogen-bond acceptors (Lipinski definition) is 3. The second kappa shape index (κ2) is 6.27. The van der Waals surface area contributed by atoms with Crippen molar-refractivity contribution in [2.75, 3.05) is 7.05 Å². The zero-order valence-corrected chi connectivity index (χ0v) is 14.0. The number of allylic oxidation sites excluding steroid dienone is 1. The van der Waals surface area contributed by atoms with Crippen LogP contribution in [0.5, 0.6) is 0 Å². The van der Waals surface area contributed by atoms with E-state index < -0.39 is 11.9 Å². The predicted molar refractivity (Wildman–Crippen MR) is 89.9 cm³/mol. The fourth-order valence-corrected chi connectivity index (χ4v) is 2.85. The molecule has 132 valence electrons. The van der Waals surface area contributed by atoms with Crippen molar-refractivity contribution in [2.45, 2.75) is 26.4 Å². The van der Waals surface area contributed by atoms with E-state index in [1.165, 1.54) is 7.05 Å². The van der Waals surface area contributed by atoms with Crippen LogP contribution in [0.15, 0.2) is 30.2 Å². The normalized spacial score (nSPS) is 13.2. The quantitative estimate of drug-likeness (QED) is 0.673. The standard InChI is InChI=1S/C17H18F3N5/c1-4-12-8-22-16(24-12)13(15(21-3)17(18,19)20)10-5-9(2)14-11(6-10)7-23-25-14/h5-8,21H,4H2,1-3H3,(H,22,24)(H,23,25)/b15-13-. The van der Waals surface area contributed by atoms with E-state index in [1.807, 2.05) is 13.8 Å². The Morgan fingerprint density at radius 2 is 2.00 bits per heavy atom. The SMILES string of the molecule is CCc1cnc(/C(=C(\NC)C(F)(F)F)c2cc(C)c3[nH]ncc3c2)[nH]1. The van der Waals surface area contributed by atoms with Crippen molar-refractivity contribution in [3.05, 3.63) is 52.9 Å². The number of aromatic nitrogens is 4. The lowest BCUT2D eigenvalue weighted by Crippen LogP contribution is -2.25. The average Bonchev–Trinajstić information content (AvgIpc) is 3.20. The van der Waals surface area contributed by atoms with Gasteiger partial charge < -0.3 is 10.3 Å². The first-order valence-corrected chi connectivity index (χ1v) is 7.82. The van der Waals surface area contributed by atoms with E-state index in [-0.39, 0.29) is 11.4 Å². The molecule has 1 aromatic carbocycles. The van der Waals surface area contributed by atoms with Crippen LogP contribution in [0.25, 0.3) is 16.5 Å². The Morgan fingerprint density at radius 3 is 2.60 bits per heavy atom. The molecule has 0 unspecified atom stereocenters. The molecule has 0 fully saturated rings. The van der Waals surface area contributed by atoms with E-state index in [0.717, 1.165) is 22.2 Å². The lowest BCUT2D eigenvalue weighted by molar-refractivity contribution is -0.0953. The Kier molecular flexibility index (Phi) is 4.28. The molecule has 0 radical (unpaired) electrons. The Hall–Kier alpha value is -2.77. The van der Waals surface area contributed by atoms with Gasteiger partial charge in [0.25, 0.3) is 0 Å². The van der Waals surface area contributed by atoms with Gasteiger partial charge in [-0.3, -0.25) is 5.10 Å². The second-order valence-corrected chi connectivity index (χ2v) is 5.74. The summed E-state index contributed by atoms with van der Waals surface area (Å²) in [5, 5.41) is 9.86. The van der Waals surface area contributed by atoms with Gasteiger partial charge in [0.1, 0.15) is 11.5 Å². The van der Waals surface area contributed by atoms with Gasteiger partial charge >= 0.3 is 6.18 Å². The molecular formula is C17H18F3N5. The molecule has 2 heterocycles. The molecule has 3 N–H and O–H groups in total. The number of rotatable bonds is 4. The maximum absolute atomic E-state index is 13.6. The molecule has 3 aromatic rings. The largest absolute Gasteiger partial charge is 0.431 e. The summed E-state index contributed by atoms with van der Waals surface area (Å²) >= 11 is 0. The van der Waals surface area contributed by atoms with Crippen LogP contribution in [-0.4, -0.2) is 33.4 Å². The van der Waals surface area contributed by atoms with Crippen LogP contribution in [0.3, 0.4) is 0 Å². The Morgan fingerprint density at radius 1 is 1.24 bits per heavy atom. The predicted octanol–water partition coefficient (Wildman–Crippen LogP) is 3.70. The number of nitrogens with one attached hydrogen (secondary N) is 3. The van der Waals surface area contributed by atoms with Gasteiger partial charge in [0, 0.05) is 24.3 Å². The molecule has 2 aromatic heterocycles. The van der Waals surface area contributed by atoms with E-state index in [9.17, 15) is 13.2 Å². The van der Waals surface area contributed by atoms with Gasteiger partial charge in [-0.1, -0.05) is 6.92 Å². The third kappa shape index (κ3) is 3.11. The van der Waals surface area contributed by atoms with Gasteiger partial charge in [-0.15, -0.1) is 0 Å². The monoisotopic (exact) mass is 349 g/mol. The van der Waals surface area contributed by atoms with E-state index in [2.05, 4.69) is 25.5 Å². The molecule has 0 spiro atoms. The summed E-state index contributed by atoms with van der Waals surface area (Å²) in [7, 11) is 1.26. The third-order valence-electron chi connectivity index (χ3n) is 4.06. The van der Waals surface area contributed by atoms with Crippen molar-refractivity contribution in [3.8, 4) is 0 Å². The lowest BCUT2D eigenvalue weighted by atomic mass is 9.98. The van der Waals surface area contributed by atoms with Gasteiger partial charge in [-0.25, -0.2) is 4.98 Å². The first kappa shape index (κ1) is 17.1. The molecule has 0 bridgehead atoms. The van der Waals surface area contributed by atoms with Crippen molar-refractivity contribution >= 4 is 16.5 Å². The van der Waals surface area contributed by atoms with Crippen molar-refractivity contribution in [1.82, 2.24) is 25.5 Å². The Balaban J connectivity index is 2.31. The summed E-state index contributed by atoms with van der Waals surface area (Å²) in [6.07, 6.45) is -0.735. The topological polar surface area (TPSA) is 69.4 Å². The molecule has 25 heavy (non-hydrogen) atoms. The Bertz CT molecular complexity index is 933. The first-order chi connectivity index (χ1) is 11.8. The fourth-order valence-electron chi connectivity index (χ4n) is 2.85. The molecule has 0 aliphatic heterocycles. The highest BCUT2D eigenvalue weighted by atomic mass is 19.4. The number of hydrogen-bond donors (Lipinski definition) is 3. The van der Waals surface area contributed by atoms with Crippen molar-refractivity contribution < 1.29 is 13.2 Å². The molecule has 5 nitrogen and oxygen atoms in total. The van der Waals surface area contributed by atoms with Crippen LogP contribution in [0.2, 0.25) is 0 Å². The summed E-state index contributed by atoms with van der Waals surface area (Å²) in [4.78, 5) is 7.14. The van der Waals surface area contributed by atoms with E-state index in [4.69, 9.17) is 0 Å². The minimum absolute atomic E-state index is 0.0131. The fraction of sp³-hybridized carbons (Fsp3) is 0.294. The molecule has 0 aliphatic carbocycles. The van der Waals surface area contributed by atoms with Gasteiger partial charge in [0.05, 0.1) is 17.3 Å². The number of aromatic amines is 2. The van der Waals surface area contributed by atoms with Crippen LogP contribution >= 0.6 is 0 Å². The van der Waals surface area contributed by atoms with Gasteiger partial charge in [0.2, 0.25) is 0 Å². The number of halogens is 3. The number of benzene rings is 1. The van der Waals surface area contributed by atoms with Crippen LogP contribution in [0, 0.1) is 6.92 Å². The van der Waals surface area contributed by atoms with E-state index in [0.29, 0.717) is 12.0 Å². The first-order valence-electron chi connectivity index (χ1n) is 7.82. The summed E-state index contributed by atoms with van der Waals surface area (Å²) in [6.45, 7) is 3.74. The molecule has 8 heteroatoms. The molecule has 0 amide bonds. The maximum Gasteiger partial charge on any atom is 0.431 e. The summed E-state index contributed by atoms with van der Waals surface area (Å²) < 4.78 is 40.8. The van der Waals surface area contributed by atoms with Crippen molar-refractivity contribution in [2.24, 2.45) is 0 Å². The number of imidazole rings is 1. The third-order valence-corrected chi connectivity index (χ3v) is 4.06. The molecule has 0 aliphatic rings. The van der Waals surface area contributed by atoms with Gasteiger partial charge in [-0.05, 0) is 36.6 Å². The van der Waals surface area contributed by atoms with E-state index >= 15 is 0 Å². The zero-order valence-electron chi connectivity index (χ0n) is 14.0. The van der Waals surface area contributed by atoms with Crippen LogP contribution in [0.1, 0.15) is 29.6 Å². The smallest absolute Gasteiger partial charge is 0.383 e.